The summed E-state index contributed by atoms with van der Waals surface area (Å²) >= 11 is 5.81. The molecule has 11 nitrogen and oxygen atoms in total. The largest absolute Gasteiger partial charge is 0.505 e. The van der Waals surface area contributed by atoms with Gasteiger partial charge in [-0.05, 0) is 30.3 Å². The number of aliphatic carboxylic acids is 1. The van der Waals surface area contributed by atoms with E-state index >= 15 is 0 Å². The zero-order valence-corrected chi connectivity index (χ0v) is 16.4. The number of hydrogen-bond acceptors (Lipinski definition) is 8. The first-order valence-electron chi connectivity index (χ1n) is 8.49. The number of halogens is 1. The number of nitrogens with zero attached hydrogens (tertiary/aromatic N) is 4. The van der Waals surface area contributed by atoms with Crippen LogP contribution in [0.15, 0.2) is 42.7 Å². The molecule has 0 saturated heterocycles. The molecule has 3 rings (SSSR count). The molecule has 0 aliphatic carbocycles. The highest BCUT2D eigenvalue weighted by Crippen LogP contribution is 2.22. The number of aromatic hydroxyl groups is 1. The fourth-order valence-electron chi connectivity index (χ4n) is 2.11. The Hall–Kier alpha value is -3.70. The van der Waals surface area contributed by atoms with E-state index in [2.05, 4.69) is 21.0 Å². The van der Waals surface area contributed by atoms with E-state index in [1.54, 1.807) is 35.1 Å². The molecule has 1 amide bonds. The molecule has 0 aliphatic rings. The molecule has 0 saturated carbocycles. The summed E-state index contributed by atoms with van der Waals surface area (Å²) in [6.07, 6.45) is 3.09. The van der Waals surface area contributed by atoms with Gasteiger partial charge in [-0.2, -0.15) is 0 Å². The van der Waals surface area contributed by atoms with Crippen LogP contribution in [0, 0.1) is 0 Å². The Labute approximate surface area is 175 Å². The van der Waals surface area contributed by atoms with E-state index in [9.17, 15) is 14.7 Å². The van der Waals surface area contributed by atoms with E-state index in [0.29, 0.717) is 35.2 Å². The highest BCUT2D eigenvalue weighted by molar-refractivity contribution is 6.30. The van der Waals surface area contributed by atoms with Crippen LogP contribution in [0.3, 0.4) is 0 Å². The number of amides is 1. The number of rotatable bonds is 7. The normalized spacial score (nSPS) is 10.1. The summed E-state index contributed by atoms with van der Waals surface area (Å²) in [5.41, 5.74) is 10.5. The lowest BCUT2D eigenvalue weighted by Crippen LogP contribution is -2.13. The SMILES string of the molecule is NC(=O)c1ncc(-c2cn(CCOc3ccc(Cl)cc3)nn2)cc1O.NCC(=O)O. The topological polar surface area (TPSA) is 179 Å². The fourth-order valence-corrected chi connectivity index (χ4v) is 2.24. The van der Waals surface area contributed by atoms with Crippen LogP contribution in [-0.2, 0) is 11.3 Å². The second-order valence-corrected chi connectivity index (χ2v) is 6.16. The summed E-state index contributed by atoms with van der Waals surface area (Å²) in [5.74, 6) is -1.36. The molecule has 0 aliphatic heterocycles. The van der Waals surface area contributed by atoms with Gasteiger partial charge < -0.3 is 26.4 Å². The van der Waals surface area contributed by atoms with Crippen molar-refractivity contribution >= 4 is 23.5 Å². The van der Waals surface area contributed by atoms with Gasteiger partial charge in [0.05, 0.1) is 19.3 Å². The highest BCUT2D eigenvalue weighted by atomic mass is 35.5. The van der Waals surface area contributed by atoms with E-state index < -0.39 is 11.9 Å². The number of carboxylic acid groups (broad SMARTS) is 1. The van der Waals surface area contributed by atoms with Crippen LogP contribution in [0.4, 0.5) is 0 Å². The van der Waals surface area contributed by atoms with Gasteiger partial charge in [0.2, 0.25) is 0 Å². The van der Waals surface area contributed by atoms with Crippen molar-refractivity contribution < 1.29 is 24.5 Å². The van der Waals surface area contributed by atoms with Crippen LogP contribution < -0.4 is 16.2 Å². The third-order valence-electron chi connectivity index (χ3n) is 3.51. The first kappa shape index (κ1) is 22.6. The van der Waals surface area contributed by atoms with Crippen LogP contribution in [0.5, 0.6) is 11.5 Å². The number of carboxylic acids is 1. The zero-order chi connectivity index (χ0) is 22.1. The van der Waals surface area contributed by atoms with Crippen molar-refractivity contribution in [2.75, 3.05) is 13.2 Å². The highest BCUT2D eigenvalue weighted by Gasteiger charge is 2.12. The number of benzene rings is 1. The number of carbonyl (C=O) groups is 2. The van der Waals surface area contributed by atoms with Crippen molar-refractivity contribution in [3.8, 4) is 22.8 Å². The van der Waals surface area contributed by atoms with E-state index in [1.807, 2.05) is 0 Å². The third kappa shape index (κ3) is 6.72. The summed E-state index contributed by atoms with van der Waals surface area (Å²) in [5, 5.41) is 26.0. The lowest BCUT2D eigenvalue weighted by molar-refractivity contribution is -0.135. The molecule has 30 heavy (non-hydrogen) atoms. The minimum absolute atomic E-state index is 0.187. The van der Waals surface area contributed by atoms with Gasteiger partial charge in [0.15, 0.2) is 5.69 Å². The summed E-state index contributed by atoms with van der Waals surface area (Å²) in [6.45, 7) is 0.600. The maximum absolute atomic E-state index is 11.1. The molecule has 3 aromatic rings. The minimum Gasteiger partial charge on any atom is -0.505 e. The van der Waals surface area contributed by atoms with E-state index in [0.717, 1.165) is 0 Å². The van der Waals surface area contributed by atoms with Crippen molar-refractivity contribution in [3.63, 3.8) is 0 Å². The lowest BCUT2D eigenvalue weighted by atomic mass is 10.2. The molecule has 0 radical (unpaired) electrons. The number of pyridine rings is 1. The monoisotopic (exact) mass is 434 g/mol. The van der Waals surface area contributed by atoms with Crippen molar-refractivity contribution in [2.24, 2.45) is 11.5 Å². The average molecular weight is 435 g/mol. The molecule has 0 bridgehead atoms. The predicted octanol–water partition coefficient (Wildman–Crippen LogP) is 0.907. The molecule has 2 heterocycles. The smallest absolute Gasteiger partial charge is 0.317 e. The van der Waals surface area contributed by atoms with E-state index in [4.69, 9.17) is 27.2 Å². The molecular formula is C18H19ClN6O5. The summed E-state index contributed by atoms with van der Waals surface area (Å²) in [4.78, 5) is 24.2. The maximum Gasteiger partial charge on any atom is 0.317 e. The second kappa shape index (κ2) is 10.7. The molecule has 2 aromatic heterocycles. The molecule has 0 atom stereocenters. The Morgan fingerprint density at radius 2 is 1.90 bits per heavy atom. The second-order valence-electron chi connectivity index (χ2n) is 5.72. The molecule has 1 aromatic carbocycles. The van der Waals surface area contributed by atoms with Crippen molar-refractivity contribution in [2.45, 2.75) is 6.54 Å². The van der Waals surface area contributed by atoms with Gasteiger partial charge in [0, 0.05) is 16.8 Å². The molecule has 0 unspecified atom stereocenters. The Morgan fingerprint density at radius 1 is 1.23 bits per heavy atom. The number of primary amides is 1. The number of carbonyl (C=O) groups excluding carboxylic acids is 1. The van der Waals surface area contributed by atoms with E-state index in [-0.39, 0.29) is 18.0 Å². The molecule has 0 spiro atoms. The van der Waals surface area contributed by atoms with Gasteiger partial charge in [0.1, 0.15) is 23.8 Å². The number of ether oxygens (including phenoxy) is 1. The molecular weight excluding hydrogens is 416 g/mol. The van der Waals surface area contributed by atoms with Crippen LogP contribution in [0.25, 0.3) is 11.3 Å². The quantitative estimate of drug-likeness (QED) is 0.420. The number of nitrogens with two attached hydrogens (primary N) is 2. The predicted molar refractivity (Wildman–Crippen MR) is 107 cm³/mol. The van der Waals surface area contributed by atoms with Gasteiger partial charge in [-0.3, -0.25) is 9.59 Å². The average Bonchev–Trinajstić information content (AvgIpc) is 3.18. The first-order valence-corrected chi connectivity index (χ1v) is 8.87. The lowest BCUT2D eigenvalue weighted by Gasteiger charge is -2.05. The number of aromatic nitrogens is 4. The van der Waals surface area contributed by atoms with Crippen LogP contribution in [-0.4, -0.2) is 55.2 Å². The van der Waals surface area contributed by atoms with Gasteiger partial charge in [-0.15, -0.1) is 5.10 Å². The van der Waals surface area contributed by atoms with Crippen LogP contribution in [0.1, 0.15) is 10.5 Å². The summed E-state index contributed by atoms with van der Waals surface area (Å²) in [6, 6.07) is 8.43. The first-order chi connectivity index (χ1) is 14.3. The van der Waals surface area contributed by atoms with Crippen molar-refractivity contribution in [3.05, 3.63) is 53.4 Å². The van der Waals surface area contributed by atoms with Gasteiger partial charge in [0.25, 0.3) is 5.91 Å². The van der Waals surface area contributed by atoms with Gasteiger partial charge in [-0.25, -0.2) is 9.67 Å². The molecule has 158 valence electrons. The summed E-state index contributed by atoms with van der Waals surface area (Å²) in [7, 11) is 0. The van der Waals surface area contributed by atoms with Crippen LogP contribution >= 0.6 is 11.6 Å². The molecule has 0 fully saturated rings. The number of hydrogen-bond donors (Lipinski definition) is 4. The zero-order valence-electron chi connectivity index (χ0n) is 15.6. The Balaban J connectivity index is 0.000000575. The Kier molecular flexibility index (Phi) is 8.08. The van der Waals surface area contributed by atoms with Crippen LogP contribution in [0.2, 0.25) is 5.02 Å². The fraction of sp³-hybridized carbons (Fsp3) is 0.167. The van der Waals surface area contributed by atoms with Gasteiger partial charge >= 0.3 is 5.97 Å². The Bertz CT molecular complexity index is 1010. The molecule has 12 heteroatoms. The third-order valence-corrected chi connectivity index (χ3v) is 3.76. The standard InChI is InChI=1S/C16H14ClN5O3.C2H5NO2/c17-11-1-3-12(4-2-11)25-6-5-22-9-13(20-21-22)10-7-14(23)15(16(18)24)19-8-10;3-1-2(4)5/h1-4,7-9,23H,5-6H2,(H2,18,24);1,3H2,(H,4,5). The maximum atomic E-state index is 11.1. The molecule has 6 N–H and O–H groups in total. The van der Waals surface area contributed by atoms with Gasteiger partial charge in [-0.1, -0.05) is 16.8 Å². The minimum atomic E-state index is -0.968. The van der Waals surface area contributed by atoms with E-state index in [1.165, 1.54) is 12.3 Å². The Morgan fingerprint density at radius 3 is 2.47 bits per heavy atom. The summed E-state index contributed by atoms with van der Waals surface area (Å²) < 4.78 is 7.19. The van der Waals surface area contributed by atoms with Crippen molar-refractivity contribution in [1.82, 2.24) is 20.0 Å². The van der Waals surface area contributed by atoms with Crippen molar-refractivity contribution in [1.29, 1.82) is 0 Å².